The van der Waals surface area contributed by atoms with Gasteiger partial charge in [0.05, 0.1) is 19.4 Å². The van der Waals surface area contributed by atoms with Gasteiger partial charge in [-0.25, -0.2) is 8.42 Å². The van der Waals surface area contributed by atoms with Crippen molar-refractivity contribution in [1.29, 1.82) is 0 Å². The third-order valence-electron chi connectivity index (χ3n) is 3.76. The van der Waals surface area contributed by atoms with Crippen LogP contribution in [0.4, 0.5) is 0 Å². The molecule has 1 heterocycles. The van der Waals surface area contributed by atoms with E-state index in [4.69, 9.17) is 0 Å². The number of carbonyl (C=O) groups is 2. The van der Waals surface area contributed by atoms with Crippen LogP contribution < -0.4 is 0 Å². The third kappa shape index (κ3) is 2.60. The van der Waals surface area contributed by atoms with E-state index in [1.165, 1.54) is 12.1 Å². The van der Waals surface area contributed by atoms with Gasteiger partial charge in [0, 0.05) is 11.1 Å². The first-order chi connectivity index (χ1) is 10.9. The minimum Gasteiger partial charge on any atom is -0.302 e. The van der Waals surface area contributed by atoms with Crippen molar-refractivity contribution in [2.24, 2.45) is 0 Å². The highest BCUT2D eigenvalue weighted by Crippen LogP contribution is 2.45. The molecule has 0 aromatic heterocycles. The molecule has 0 aliphatic carbocycles. The fourth-order valence-electron chi connectivity index (χ4n) is 2.59. The fourth-order valence-corrected chi connectivity index (χ4v) is 4.91. The van der Waals surface area contributed by atoms with Gasteiger partial charge in [0.15, 0.2) is 0 Å². The molecule has 0 fully saturated rings. The normalized spacial score (nSPS) is 17.0. The van der Waals surface area contributed by atoms with Gasteiger partial charge in [0.25, 0.3) is 0 Å². The smallest absolute Gasteiger partial charge is 0.207 e. The van der Waals surface area contributed by atoms with E-state index < -0.39 is 19.5 Å². The van der Waals surface area contributed by atoms with E-state index in [1.54, 1.807) is 24.3 Å². The Bertz CT molecular complexity index is 852. The molecular formula is C16H10Br2O4S. The van der Waals surface area contributed by atoms with Gasteiger partial charge < -0.3 is 9.59 Å². The Morgan fingerprint density at radius 3 is 1.52 bits per heavy atom. The van der Waals surface area contributed by atoms with Crippen LogP contribution in [0.2, 0.25) is 0 Å². The highest BCUT2D eigenvalue weighted by atomic mass is 79.9. The van der Waals surface area contributed by atoms with Crippen molar-refractivity contribution in [1.82, 2.24) is 0 Å². The van der Waals surface area contributed by atoms with Crippen LogP contribution >= 0.6 is 31.9 Å². The summed E-state index contributed by atoms with van der Waals surface area (Å²) >= 11 is 6.40. The standard InChI is InChI=1S/C16H10Br2O4S/c17-13(7-19)9-1-3-11-12-4-2-10(14(18)8-20)6-16(12)23(21,22)15(11)5-9/h1-8,13-14H. The number of sulfone groups is 1. The number of hydrogen-bond donors (Lipinski definition) is 0. The minimum absolute atomic E-state index is 0.186. The molecule has 2 atom stereocenters. The lowest BCUT2D eigenvalue weighted by Gasteiger charge is -2.05. The highest BCUT2D eigenvalue weighted by Gasteiger charge is 2.34. The molecule has 0 saturated heterocycles. The molecule has 0 spiro atoms. The van der Waals surface area contributed by atoms with Crippen LogP contribution in [0.5, 0.6) is 0 Å². The van der Waals surface area contributed by atoms with Crippen LogP contribution in [0.1, 0.15) is 20.8 Å². The van der Waals surface area contributed by atoms with E-state index in [0.29, 0.717) is 34.8 Å². The van der Waals surface area contributed by atoms with Crippen LogP contribution in [-0.4, -0.2) is 21.0 Å². The van der Waals surface area contributed by atoms with Crippen LogP contribution in [0.15, 0.2) is 46.2 Å². The van der Waals surface area contributed by atoms with Crippen molar-refractivity contribution in [3.8, 4) is 11.1 Å². The van der Waals surface area contributed by atoms with Crippen molar-refractivity contribution < 1.29 is 18.0 Å². The number of rotatable bonds is 4. The zero-order valence-corrected chi connectivity index (χ0v) is 15.6. The summed E-state index contributed by atoms with van der Waals surface area (Å²) in [6.07, 6.45) is 1.40. The first-order valence-electron chi connectivity index (χ1n) is 6.62. The molecule has 1 aliphatic rings. The summed E-state index contributed by atoms with van der Waals surface area (Å²) in [6, 6.07) is 9.90. The SMILES string of the molecule is O=CC(Br)c1ccc2c(c1)S(=O)(=O)c1cc(C(Br)C=O)ccc1-2. The van der Waals surface area contributed by atoms with Gasteiger partial charge in [0.2, 0.25) is 9.84 Å². The molecule has 3 rings (SSSR count). The molecule has 0 saturated carbocycles. The van der Waals surface area contributed by atoms with E-state index in [1.807, 2.05) is 0 Å². The van der Waals surface area contributed by atoms with Gasteiger partial charge >= 0.3 is 0 Å². The Hall–Kier alpha value is -1.31. The molecule has 1 aliphatic heterocycles. The maximum Gasteiger partial charge on any atom is 0.207 e. The topological polar surface area (TPSA) is 68.3 Å². The van der Waals surface area contributed by atoms with Crippen molar-refractivity contribution in [2.75, 3.05) is 0 Å². The van der Waals surface area contributed by atoms with Gasteiger partial charge in [-0.15, -0.1) is 0 Å². The molecule has 7 heteroatoms. The third-order valence-corrected chi connectivity index (χ3v) is 7.08. The second-order valence-electron chi connectivity index (χ2n) is 5.09. The van der Waals surface area contributed by atoms with Gasteiger partial charge in [0.1, 0.15) is 12.6 Å². The highest BCUT2D eigenvalue weighted by molar-refractivity contribution is 9.09. The van der Waals surface area contributed by atoms with Crippen molar-refractivity contribution in [3.63, 3.8) is 0 Å². The molecule has 0 amide bonds. The molecule has 4 nitrogen and oxygen atoms in total. The van der Waals surface area contributed by atoms with Crippen molar-refractivity contribution >= 4 is 54.3 Å². The zero-order valence-electron chi connectivity index (χ0n) is 11.6. The molecule has 118 valence electrons. The predicted molar refractivity (Wildman–Crippen MR) is 92.8 cm³/mol. The summed E-state index contributed by atoms with van der Waals surface area (Å²) in [7, 11) is -3.67. The Morgan fingerprint density at radius 1 is 0.783 bits per heavy atom. The molecule has 0 radical (unpaired) electrons. The Labute approximate surface area is 150 Å². The Kier molecular flexibility index (Phi) is 4.29. The largest absolute Gasteiger partial charge is 0.302 e. The average Bonchev–Trinajstić information content (AvgIpc) is 2.80. The summed E-state index contributed by atoms with van der Waals surface area (Å²) in [5, 5.41) is 0. The van der Waals surface area contributed by atoms with E-state index in [9.17, 15) is 18.0 Å². The lowest BCUT2D eigenvalue weighted by Crippen LogP contribution is -2.00. The average molecular weight is 458 g/mol. The van der Waals surface area contributed by atoms with Crippen LogP contribution in [-0.2, 0) is 19.4 Å². The van der Waals surface area contributed by atoms with E-state index in [-0.39, 0.29) is 9.79 Å². The summed E-state index contributed by atoms with van der Waals surface area (Å²) in [6.45, 7) is 0. The van der Waals surface area contributed by atoms with Crippen molar-refractivity contribution in [2.45, 2.75) is 19.4 Å². The lowest BCUT2D eigenvalue weighted by molar-refractivity contribution is -0.108. The number of benzene rings is 2. The molecule has 2 aromatic rings. The number of fused-ring (bicyclic) bond motifs is 3. The fraction of sp³-hybridized carbons (Fsp3) is 0.125. The zero-order chi connectivity index (χ0) is 16.8. The van der Waals surface area contributed by atoms with Gasteiger partial charge in [-0.05, 0) is 23.3 Å². The van der Waals surface area contributed by atoms with Crippen LogP contribution in [0.25, 0.3) is 11.1 Å². The minimum atomic E-state index is -3.67. The first-order valence-corrected chi connectivity index (χ1v) is 9.93. The Balaban J connectivity index is 2.22. The van der Waals surface area contributed by atoms with Gasteiger partial charge in [-0.3, -0.25) is 0 Å². The molecule has 2 aromatic carbocycles. The van der Waals surface area contributed by atoms with E-state index >= 15 is 0 Å². The molecule has 0 bridgehead atoms. The van der Waals surface area contributed by atoms with Gasteiger partial charge in [-0.1, -0.05) is 56.1 Å². The summed E-state index contributed by atoms with van der Waals surface area (Å²) < 4.78 is 25.6. The van der Waals surface area contributed by atoms with E-state index in [0.717, 1.165) is 0 Å². The predicted octanol–water partition coefficient (Wildman–Crippen LogP) is 3.77. The lowest BCUT2D eigenvalue weighted by atomic mass is 10.0. The Morgan fingerprint density at radius 2 is 1.17 bits per heavy atom. The number of alkyl halides is 2. The molecular weight excluding hydrogens is 448 g/mol. The maximum absolute atomic E-state index is 12.8. The van der Waals surface area contributed by atoms with Crippen LogP contribution in [0.3, 0.4) is 0 Å². The monoisotopic (exact) mass is 456 g/mol. The summed E-state index contributed by atoms with van der Waals surface area (Å²) in [5.74, 6) is 0. The first kappa shape index (κ1) is 16.5. The number of carbonyl (C=O) groups excluding carboxylic acids is 2. The molecule has 2 unspecified atom stereocenters. The quantitative estimate of drug-likeness (QED) is 0.441. The van der Waals surface area contributed by atoms with Crippen molar-refractivity contribution in [3.05, 3.63) is 47.5 Å². The summed E-state index contributed by atoms with van der Waals surface area (Å²) in [4.78, 5) is 21.1. The molecule has 23 heavy (non-hydrogen) atoms. The second kappa shape index (κ2) is 5.96. The van der Waals surface area contributed by atoms with Gasteiger partial charge in [-0.2, -0.15) is 0 Å². The number of hydrogen-bond acceptors (Lipinski definition) is 4. The van der Waals surface area contributed by atoms with E-state index in [2.05, 4.69) is 31.9 Å². The second-order valence-corrected chi connectivity index (χ2v) is 8.95. The maximum atomic E-state index is 12.8. The summed E-state index contributed by atoms with van der Waals surface area (Å²) in [5.41, 5.74) is 2.39. The molecule has 0 N–H and O–H groups in total. The van der Waals surface area contributed by atoms with Crippen LogP contribution in [0, 0.1) is 0 Å². The number of aldehydes is 2. The number of halogens is 2.